The number of benzene rings is 1. The third kappa shape index (κ3) is 5.59. The molecule has 3 aliphatic rings. The number of nitrogens with zero attached hydrogens (tertiary/aromatic N) is 4. The van der Waals surface area contributed by atoms with E-state index in [1.165, 1.54) is 23.6 Å². The third-order valence-corrected chi connectivity index (χ3v) is 11.1. The Bertz CT molecular complexity index is 1440. The number of carbonyl (C=O) groups excluding carboxylic acids is 1. The largest absolute Gasteiger partial charge is 0.368 e. The highest BCUT2D eigenvalue weighted by atomic mass is 32.3. The molecule has 0 radical (unpaired) electrons. The fraction of sp³-hybridized carbons (Fsp3) is 0.448. The topological polar surface area (TPSA) is 122 Å². The molecule has 0 bridgehead atoms. The summed E-state index contributed by atoms with van der Waals surface area (Å²) in [6, 6.07) is 11.8. The summed E-state index contributed by atoms with van der Waals surface area (Å²) in [4.78, 5) is 25.6. The van der Waals surface area contributed by atoms with Gasteiger partial charge >= 0.3 is 0 Å². The Morgan fingerprint density at radius 1 is 1.12 bits per heavy atom. The Morgan fingerprint density at radius 2 is 1.85 bits per heavy atom. The predicted octanol–water partition coefficient (Wildman–Crippen LogP) is 6.03. The van der Waals surface area contributed by atoms with E-state index in [1.807, 2.05) is 24.3 Å². The number of carbonyl (C=O) groups is 1. The summed E-state index contributed by atoms with van der Waals surface area (Å²) in [5.41, 5.74) is 2.69. The van der Waals surface area contributed by atoms with Crippen LogP contribution in [0.15, 0.2) is 42.7 Å². The molecule has 2 aliphatic carbocycles. The number of hydrogen-bond donors (Lipinski definition) is 3. The first-order chi connectivity index (χ1) is 19.3. The first kappa shape index (κ1) is 27.1. The lowest BCUT2D eigenvalue weighted by Crippen LogP contribution is -2.42. The lowest BCUT2D eigenvalue weighted by molar-refractivity contribution is -0.127. The van der Waals surface area contributed by atoms with Crippen molar-refractivity contribution < 1.29 is 18.3 Å². The molecule has 0 spiro atoms. The van der Waals surface area contributed by atoms with Gasteiger partial charge in [-0.05, 0) is 49.4 Å². The van der Waals surface area contributed by atoms with Crippen LogP contribution in [-0.4, -0.2) is 55.1 Å². The molecule has 3 aromatic rings. The number of rotatable bonds is 6. The van der Waals surface area contributed by atoms with Gasteiger partial charge in [-0.3, -0.25) is 18.9 Å². The molecule has 1 saturated heterocycles. The quantitative estimate of drug-likeness (QED) is 0.325. The molecule has 3 heterocycles. The summed E-state index contributed by atoms with van der Waals surface area (Å²) < 4.78 is 34.0. The van der Waals surface area contributed by atoms with Crippen LogP contribution in [0.1, 0.15) is 50.1 Å². The van der Waals surface area contributed by atoms with Gasteiger partial charge in [0.25, 0.3) is 0 Å². The van der Waals surface area contributed by atoms with Crippen molar-refractivity contribution in [3.05, 3.63) is 54.2 Å². The van der Waals surface area contributed by atoms with Crippen LogP contribution < -0.4 is 10.2 Å². The van der Waals surface area contributed by atoms with Gasteiger partial charge in [0, 0.05) is 42.4 Å². The van der Waals surface area contributed by atoms with E-state index < -0.39 is 21.9 Å². The van der Waals surface area contributed by atoms with Crippen LogP contribution in [0, 0.1) is 23.1 Å². The Kier molecular flexibility index (Phi) is 7.29. The maximum absolute atomic E-state index is 14.1. The van der Waals surface area contributed by atoms with E-state index >= 15 is 0 Å². The summed E-state index contributed by atoms with van der Waals surface area (Å²) in [7, 11) is -2.47. The van der Waals surface area contributed by atoms with Crippen LogP contribution >= 0.6 is 21.9 Å². The fourth-order valence-electron chi connectivity index (χ4n) is 5.74. The zero-order chi connectivity index (χ0) is 27.9. The molecular formula is C29H32FN5O3S2. The number of aromatic nitrogens is 2. The minimum absolute atomic E-state index is 0.0805. The molecule has 40 heavy (non-hydrogen) atoms. The molecule has 210 valence electrons. The van der Waals surface area contributed by atoms with Crippen LogP contribution in [0.3, 0.4) is 0 Å². The monoisotopic (exact) mass is 581 g/mol. The van der Waals surface area contributed by atoms with Crippen LogP contribution in [0.4, 0.5) is 10.1 Å². The third-order valence-electron chi connectivity index (χ3n) is 8.26. The zero-order valence-electron chi connectivity index (χ0n) is 22.1. The maximum atomic E-state index is 14.1. The Morgan fingerprint density at radius 3 is 2.52 bits per heavy atom. The molecule has 3 N–H and O–H groups in total. The molecule has 0 unspecified atom stereocenters. The number of amides is 1. The summed E-state index contributed by atoms with van der Waals surface area (Å²) in [6.45, 7) is 1.18. The molecule has 11 heteroatoms. The minimum atomic E-state index is -2.47. The van der Waals surface area contributed by atoms with Crippen molar-refractivity contribution in [1.82, 2.24) is 15.3 Å². The maximum Gasteiger partial charge on any atom is 0.225 e. The summed E-state index contributed by atoms with van der Waals surface area (Å²) in [5.74, 6) is -0.167. The summed E-state index contributed by atoms with van der Waals surface area (Å²) in [5, 5.41) is 13.2. The molecule has 1 aliphatic heterocycles. The second kappa shape index (κ2) is 10.7. The molecular weight excluding hydrogens is 549 g/mol. The number of nitrogens with one attached hydrogen (secondary N) is 1. The van der Waals surface area contributed by atoms with Gasteiger partial charge in [0.05, 0.1) is 34.3 Å². The fourth-order valence-corrected chi connectivity index (χ4v) is 8.09. The van der Waals surface area contributed by atoms with Gasteiger partial charge in [0.1, 0.15) is 16.4 Å². The second-order valence-electron chi connectivity index (χ2n) is 11.1. The smallest absolute Gasteiger partial charge is 0.225 e. The van der Waals surface area contributed by atoms with E-state index in [0.717, 1.165) is 47.5 Å². The Labute approximate surface area is 238 Å². The van der Waals surface area contributed by atoms with Gasteiger partial charge in [0.15, 0.2) is 0 Å². The van der Waals surface area contributed by atoms with Crippen LogP contribution in [-0.2, 0) is 4.79 Å². The van der Waals surface area contributed by atoms with Gasteiger partial charge in [-0.2, -0.15) is 15.9 Å². The number of hydrogen-bond acceptors (Lipinski definition) is 8. The normalized spacial score (nSPS) is 24.1. The van der Waals surface area contributed by atoms with Crippen molar-refractivity contribution in [3.63, 3.8) is 0 Å². The van der Waals surface area contributed by atoms with E-state index in [1.54, 1.807) is 6.20 Å². The van der Waals surface area contributed by atoms with Gasteiger partial charge in [-0.1, -0.05) is 25.0 Å². The van der Waals surface area contributed by atoms with Crippen molar-refractivity contribution >= 4 is 33.5 Å². The molecule has 2 atom stereocenters. The second-order valence-corrected chi connectivity index (χ2v) is 14.5. The van der Waals surface area contributed by atoms with Crippen molar-refractivity contribution in [3.8, 4) is 27.1 Å². The Hall–Kier alpha value is -3.04. The SMILES string of the molecule is N#CC1(NC(=O)[C@@H]2CCCC[C@H]2c2nc(-c3cncc(F)c3)sc2-c2ccc(N3CCS(O)(O)CC3)cc2)CC1. The lowest BCUT2D eigenvalue weighted by Gasteiger charge is -2.41. The summed E-state index contributed by atoms with van der Waals surface area (Å²) >= 11 is 1.47. The van der Waals surface area contributed by atoms with Gasteiger partial charge < -0.3 is 10.2 Å². The predicted molar refractivity (Wildman–Crippen MR) is 156 cm³/mol. The van der Waals surface area contributed by atoms with E-state index in [-0.39, 0.29) is 17.7 Å². The summed E-state index contributed by atoms with van der Waals surface area (Å²) in [6.07, 6.45) is 7.63. The molecule has 2 aromatic heterocycles. The first-order valence-corrected chi connectivity index (χ1v) is 16.4. The number of halogens is 1. The number of anilines is 1. The number of thiazole rings is 1. The van der Waals surface area contributed by atoms with Crippen LogP contribution in [0.25, 0.3) is 21.0 Å². The van der Waals surface area contributed by atoms with Gasteiger partial charge in [-0.25, -0.2) is 9.37 Å². The van der Waals surface area contributed by atoms with Crippen molar-refractivity contribution in [1.29, 1.82) is 5.26 Å². The highest BCUT2D eigenvalue weighted by Crippen LogP contribution is 2.47. The molecule has 6 rings (SSSR count). The molecule has 3 fully saturated rings. The van der Waals surface area contributed by atoms with Crippen LogP contribution in [0.5, 0.6) is 0 Å². The molecule has 1 aromatic carbocycles. The molecule has 2 saturated carbocycles. The number of nitriles is 1. The van der Waals surface area contributed by atoms with E-state index in [4.69, 9.17) is 4.98 Å². The lowest BCUT2D eigenvalue weighted by atomic mass is 9.76. The molecule has 1 amide bonds. The van der Waals surface area contributed by atoms with Crippen molar-refractivity contribution in [2.24, 2.45) is 5.92 Å². The zero-order valence-corrected chi connectivity index (χ0v) is 23.7. The van der Waals surface area contributed by atoms with Crippen molar-refractivity contribution in [2.75, 3.05) is 29.5 Å². The van der Waals surface area contributed by atoms with E-state index in [2.05, 4.69) is 21.3 Å². The van der Waals surface area contributed by atoms with Gasteiger partial charge in [0.2, 0.25) is 5.91 Å². The van der Waals surface area contributed by atoms with E-state index in [9.17, 15) is 23.6 Å². The average Bonchev–Trinajstić information content (AvgIpc) is 3.59. The minimum Gasteiger partial charge on any atom is -0.368 e. The first-order valence-electron chi connectivity index (χ1n) is 13.7. The highest BCUT2D eigenvalue weighted by Gasteiger charge is 2.47. The number of pyridine rings is 1. The highest BCUT2D eigenvalue weighted by molar-refractivity contribution is 8.24. The standard InChI is InChI=1S/C29H32FN5O3S2/c30-21-15-20(16-32-17-21)28-33-25(23-3-1-2-4-24(23)27(36)34-29(18-31)9-10-29)26(39-28)19-5-7-22(8-6-19)35-11-13-40(37,38)14-12-35/h5-8,15-17,23-24,37-38H,1-4,9-14H2,(H,34,36)/t23-,24-/m1/s1. The van der Waals surface area contributed by atoms with Gasteiger partial charge in [-0.15, -0.1) is 11.3 Å². The average molecular weight is 582 g/mol. The van der Waals surface area contributed by atoms with E-state index in [0.29, 0.717) is 48.0 Å². The Balaban J connectivity index is 1.34. The van der Waals surface area contributed by atoms with Crippen LogP contribution in [0.2, 0.25) is 0 Å². The molecule has 8 nitrogen and oxygen atoms in total. The van der Waals surface area contributed by atoms with Crippen molar-refractivity contribution in [2.45, 2.75) is 50.0 Å².